The molecule has 14 atom stereocenters. The first-order valence-corrected chi connectivity index (χ1v) is 24.9. The van der Waals surface area contributed by atoms with Crippen molar-refractivity contribution in [2.75, 3.05) is 13.7 Å². The SMILES string of the molecule is CCc1c(Cl)c(O)c(Cl)c(O)c1C(=O)OC1C(C)OC(OC/C2=C\C=C\CC(O)/C(C)=C/C3CCC4(C)OC(OC3/C(C)=C/C(C)=C/CC(C(C)(C)O)OC2=O)C(O)C(O)C4OC(=O)C(C)C)C(OC)C1O. The maximum absolute atomic E-state index is 14.1. The van der Waals surface area contributed by atoms with Gasteiger partial charge >= 0.3 is 17.9 Å². The zero-order valence-corrected chi connectivity index (χ0v) is 44.2. The number of carbonyl (C=O) groups excluding carboxylic acids is 3. The van der Waals surface area contributed by atoms with Crippen LogP contribution in [-0.4, -0.2) is 152 Å². The molecule has 0 radical (unpaired) electrons. The zero-order valence-electron chi connectivity index (χ0n) is 42.7. The number of carbonyl (C=O) groups is 3. The van der Waals surface area contributed by atoms with E-state index in [0.29, 0.717) is 23.1 Å². The lowest BCUT2D eigenvalue weighted by Crippen LogP contribution is -2.66. The first kappa shape index (κ1) is 59.0. The second-order valence-corrected chi connectivity index (χ2v) is 20.8. The largest absolute Gasteiger partial charge is 0.505 e. The van der Waals surface area contributed by atoms with Gasteiger partial charge in [0, 0.05) is 19.4 Å². The van der Waals surface area contributed by atoms with Crippen LogP contribution in [0.4, 0.5) is 0 Å². The molecule has 0 saturated carbocycles. The summed E-state index contributed by atoms with van der Waals surface area (Å²) in [5, 5.41) is 77.1. The molecule has 2 bridgehead atoms. The number of esters is 3. The topological polar surface area (TPSA) is 267 Å². The molecule has 0 amide bonds. The second kappa shape index (κ2) is 24.6. The van der Waals surface area contributed by atoms with Gasteiger partial charge in [0.2, 0.25) is 0 Å². The van der Waals surface area contributed by atoms with E-state index in [4.69, 9.17) is 61.1 Å². The number of ether oxygens (including phenoxy) is 8. The molecule has 72 heavy (non-hydrogen) atoms. The number of hydrogen-bond acceptors (Lipinski definition) is 18. The van der Waals surface area contributed by atoms with Crippen LogP contribution in [0.1, 0.15) is 111 Å². The lowest BCUT2D eigenvalue weighted by atomic mass is 9.78. The number of aromatic hydroxyl groups is 2. The van der Waals surface area contributed by atoms with Gasteiger partial charge < -0.3 is 73.6 Å². The summed E-state index contributed by atoms with van der Waals surface area (Å²) >= 11 is 12.3. The van der Waals surface area contributed by atoms with Crippen LogP contribution < -0.4 is 0 Å². The summed E-state index contributed by atoms with van der Waals surface area (Å²) in [4.78, 5) is 40.4. The molecule has 1 aromatic carbocycles. The highest BCUT2D eigenvalue weighted by atomic mass is 35.5. The first-order valence-electron chi connectivity index (χ1n) is 24.2. The highest BCUT2D eigenvalue weighted by molar-refractivity contribution is 6.39. The third-order valence-electron chi connectivity index (χ3n) is 13.6. The number of halogens is 2. The minimum Gasteiger partial charge on any atom is -0.505 e. The normalized spacial score (nSPS) is 36.7. The minimum absolute atomic E-state index is 0.0434. The van der Waals surface area contributed by atoms with Gasteiger partial charge in [-0.25, -0.2) is 9.59 Å². The molecule has 3 saturated heterocycles. The summed E-state index contributed by atoms with van der Waals surface area (Å²) in [7, 11) is 1.26. The molecule has 1 aromatic rings. The number of fused-ring (bicyclic) bond motifs is 3. The molecule has 402 valence electrons. The number of rotatable bonds is 10. The Balaban J connectivity index is 1.42. The lowest BCUT2D eigenvalue weighted by molar-refractivity contribution is -0.345. The van der Waals surface area contributed by atoms with Crippen LogP contribution in [0.25, 0.3) is 0 Å². The fourth-order valence-corrected chi connectivity index (χ4v) is 9.74. The molecule has 4 aliphatic rings. The van der Waals surface area contributed by atoms with Crippen molar-refractivity contribution in [1.29, 1.82) is 0 Å². The van der Waals surface area contributed by atoms with Crippen LogP contribution in [-0.2, 0) is 53.9 Å². The molecule has 4 heterocycles. The van der Waals surface area contributed by atoms with Crippen LogP contribution in [0.3, 0.4) is 0 Å². The Morgan fingerprint density at radius 3 is 2.25 bits per heavy atom. The molecule has 20 heteroatoms. The second-order valence-electron chi connectivity index (χ2n) is 20.1. The van der Waals surface area contributed by atoms with Gasteiger partial charge in [-0.3, -0.25) is 4.79 Å². The van der Waals surface area contributed by atoms with Crippen molar-refractivity contribution in [2.45, 2.75) is 186 Å². The van der Waals surface area contributed by atoms with Gasteiger partial charge in [-0.2, -0.15) is 0 Å². The molecule has 0 aliphatic carbocycles. The minimum atomic E-state index is -1.58. The van der Waals surface area contributed by atoms with Crippen LogP contribution >= 0.6 is 23.2 Å². The molecule has 14 unspecified atom stereocenters. The fraction of sp³-hybridized carbons (Fsp3) is 0.635. The van der Waals surface area contributed by atoms with Crippen molar-refractivity contribution in [3.63, 3.8) is 0 Å². The van der Waals surface area contributed by atoms with Crippen molar-refractivity contribution >= 4 is 41.1 Å². The van der Waals surface area contributed by atoms with Gasteiger partial charge in [-0.05, 0) is 96.9 Å². The summed E-state index contributed by atoms with van der Waals surface area (Å²) < 4.78 is 47.9. The van der Waals surface area contributed by atoms with Crippen molar-refractivity contribution in [3.05, 3.63) is 79.9 Å². The molecule has 5 rings (SSSR count). The summed E-state index contributed by atoms with van der Waals surface area (Å²) in [5.74, 6) is -4.81. The van der Waals surface area contributed by atoms with E-state index in [2.05, 4.69) is 0 Å². The summed E-state index contributed by atoms with van der Waals surface area (Å²) in [6, 6.07) is 0. The van der Waals surface area contributed by atoms with E-state index in [0.717, 1.165) is 0 Å². The molecule has 0 aromatic heterocycles. The highest BCUT2D eigenvalue weighted by Gasteiger charge is 2.56. The molecular formula is C52H72Cl2O18. The van der Waals surface area contributed by atoms with E-state index < -0.39 is 143 Å². The van der Waals surface area contributed by atoms with Crippen LogP contribution in [0.15, 0.2) is 58.7 Å². The molecule has 3 fully saturated rings. The van der Waals surface area contributed by atoms with Crippen molar-refractivity contribution in [3.8, 4) is 11.5 Å². The zero-order chi connectivity index (χ0) is 53.7. The maximum atomic E-state index is 14.1. The molecule has 0 spiro atoms. The lowest BCUT2D eigenvalue weighted by Gasteiger charge is -2.51. The van der Waals surface area contributed by atoms with Gasteiger partial charge in [0.15, 0.2) is 36.3 Å². The number of hydrogen-bond donors (Lipinski definition) is 7. The summed E-state index contributed by atoms with van der Waals surface area (Å²) in [6.07, 6.45) is -4.03. The van der Waals surface area contributed by atoms with E-state index in [1.54, 1.807) is 46.8 Å². The third kappa shape index (κ3) is 13.5. The number of aliphatic hydroxyl groups excluding tert-OH is 4. The number of aliphatic hydroxyl groups is 5. The molecule has 4 aliphatic heterocycles. The Labute approximate surface area is 430 Å². The molecule has 7 N–H and O–H groups in total. The monoisotopic (exact) mass is 1050 g/mol. The Kier molecular flexibility index (Phi) is 20.2. The predicted molar refractivity (Wildman–Crippen MR) is 263 cm³/mol. The first-order chi connectivity index (χ1) is 33.6. The Morgan fingerprint density at radius 2 is 1.62 bits per heavy atom. The van der Waals surface area contributed by atoms with Gasteiger partial charge in [-0.1, -0.05) is 79.9 Å². The Bertz CT molecular complexity index is 2280. The van der Waals surface area contributed by atoms with E-state index in [9.17, 15) is 50.1 Å². The molecule has 18 nitrogen and oxygen atoms in total. The third-order valence-corrected chi connectivity index (χ3v) is 14.4. The average Bonchev–Trinajstić information content (AvgIpc) is 3.30. The smallest absolute Gasteiger partial charge is 0.342 e. The van der Waals surface area contributed by atoms with E-state index in [1.807, 2.05) is 26.0 Å². The molecular weight excluding hydrogens is 983 g/mol. The van der Waals surface area contributed by atoms with Crippen molar-refractivity contribution in [1.82, 2.24) is 0 Å². The number of cyclic esters (lactones) is 1. The number of phenols is 2. The Hall–Kier alpha value is -3.89. The van der Waals surface area contributed by atoms with E-state index in [-0.39, 0.29) is 41.8 Å². The van der Waals surface area contributed by atoms with Gasteiger partial charge in [0.05, 0.1) is 47.0 Å². The number of allylic oxidation sites excluding steroid dienone is 4. The average molecular weight is 1060 g/mol. The fourth-order valence-electron chi connectivity index (χ4n) is 9.18. The van der Waals surface area contributed by atoms with E-state index in [1.165, 1.54) is 40.0 Å². The Morgan fingerprint density at radius 1 is 0.944 bits per heavy atom. The van der Waals surface area contributed by atoms with Gasteiger partial charge in [0.25, 0.3) is 0 Å². The number of phenolic OH excluding ortho intramolecular Hbond substituents is 2. The van der Waals surface area contributed by atoms with Gasteiger partial charge in [0.1, 0.15) is 46.7 Å². The van der Waals surface area contributed by atoms with Crippen LogP contribution in [0, 0.1) is 11.8 Å². The van der Waals surface area contributed by atoms with Crippen LogP contribution in [0.2, 0.25) is 10.0 Å². The number of benzene rings is 1. The summed E-state index contributed by atoms with van der Waals surface area (Å²) in [6.45, 7) is 16.1. The van der Waals surface area contributed by atoms with Gasteiger partial charge in [-0.15, -0.1) is 0 Å². The summed E-state index contributed by atoms with van der Waals surface area (Å²) in [5.41, 5.74) is -1.18. The van der Waals surface area contributed by atoms with E-state index >= 15 is 0 Å². The van der Waals surface area contributed by atoms with Crippen molar-refractivity contribution in [2.24, 2.45) is 11.8 Å². The quantitative estimate of drug-likeness (QED) is 0.0806. The standard InChI is InChI=1S/C52H72Cl2O18/c1-12-31-34(37(56)36(54)38(57)35(31)53)48(63)69-43-28(7)67-50(44(65-11)41(43)60)66-23-30-15-13-14-16-32(55)26(5)22-29-19-20-52(10)45(71-46(61)24(2)3)39(58)40(59)49(72-52)70-42(29)27(6)21-25(4)17-18-33(51(8,9)64)68-47(30)62/h13-15,17,21-22,24,28-29,32-33,39-45,49-50,55-60,64H,12,16,18-20,23H2,1-11H3/b14-13+,25-17+,26-22+,27-21+,30-15+. The van der Waals surface area contributed by atoms with Crippen LogP contribution in [0.5, 0.6) is 11.5 Å². The maximum Gasteiger partial charge on any atom is 0.342 e. The van der Waals surface area contributed by atoms with Crippen molar-refractivity contribution < 1.29 is 88.0 Å². The highest BCUT2D eigenvalue weighted by Crippen LogP contribution is 2.46. The number of methoxy groups -OCH3 is 1. The predicted octanol–water partition coefficient (Wildman–Crippen LogP) is 5.99.